The molecule has 3 aromatic rings. The fraction of sp³-hybridized carbons (Fsp3) is 0.280. The van der Waals surface area contributed by atoms with Crippen LogP contribution in [0, 0.1) is 0 Å². The highest BCUT2D eigenvalue weighted by Crippen LogP contribution is 2.34. The summed E-state index contributed by atoms with van der Waals surface area (Å²) >= 11 is 0. The monoisotopic (exact) mass is 487 g/mol. The lowest BCUT2D eigenvalue weighted by atomic mass is 10.1. The molecule has 2 aromatic carbocycles. The number of nitrogens with zero attached hydrogens (tertiary/aromatic N) is 2. The van der Waals surface area contributed by atoms with Crippen LogP contribution in [0.4, 0.5) is 18.9 Å². The SMILES string of the molecule is O=C(CN1CCN(C(=O)c2ccc(COc3ccccc3)o2)CC1)Nc1ccccc1C(F)(F)F. The molecule has 1 saturated heterocycles. The Morgan fingerprint density at radius 2 is 1.60 bits per heavy atom. The zero-order chi connectivity index (χ0) is 24.8. The Balaban J connectivity index is 1.25. The van der Waals surface area contributed by atoms with Crippen LogP contribution >= 0.6 is 0 Å². The molecule has 2 heterocycles. The third kappa shape index (κ3) is 6.42. The molecule has 0 saturated carbocycles. The van der Waals surface area contributed by atoms with E-state index in [0.29, 0.717) is 37.7 Å². The van der Waals surface area contributed by atoms with Crippen molar-refractivity contribution in [1.82, 2.24) is 9.80 Å². The highest BCUT2D eigenvalue weighted by molar-refractivity contribution is 5.93. The summed E-state index contributed by atoms with van der Waals surface area (Å²) in [5.74, 6) is 0.604. The number of hydrogen-bond donors (Lipinski definition) is 1. The van der Waals surface area contributed by atoms with Crippen molar-refractivity contribution in [3.8, 4) is 5.75 Å². The van der Waals surface area contributed by atoms with Gasteiger partial charge in [0, 0.05) is 26.2 Å². The molecule has 1 aromatic heterocycles. The number of amides is 2. The third-order valence-electron chi connectivity index (χ3n) is 5.53. The Labute approximate surface area is 200 Å². The largest absolute Gasteiger partial charge is 0.486 e. The van der Waals surface area contributed by atoms with Crippen LogP contribution in [0.25, 0.3) is 0 Å². The number of furan rings is 1. The van der Waals surface area contributed by atoms with Gasteiger partial charge in [-0.3, -0.25) is 14.5 Å². The molecule has 0 spiro atoms. The molecule has 2 amide bonds. The van der Waals surface area contributed by atoms with E-state index >= 15 is 0 Å². The Kier molecular flexibility index (Phi) is 7.40. The molecule has 4 rings (SSSR count). The van der Waals surface area contributed by atoms with Crippen LogP contribution in [0.3, 0.4) is 0 Å². The molecule has 0 aliphatic carbocycles. The molecular formula is C25H24F3N3O4. The topological polar surface area (TPSA) is 75.0 Å². The maximum absolute atomic E-state index is 13.1. The second kappa shape index (κ2) is 10.6. The van der Waals surface area contributed by atoms with E-state index in [1.165, 1.54) is 18.2 Å². The molecule has 10 heteroatoms. The number of piperazine rings is 1. The van der Waals surface area contributed by atoms with E-state index in [-0.39, 0.29) is 30.5 Å². The van der Waals surface area contributed by atoms with Crippen molar-refractivity contribution in [2.45, 2.75) is 12.8 Å². The van der Waals surface area contributed by atoms with Gasteiger partial charge in [-0.25, -0.2) is 0 Å². The van der Waals surface area contributed by atoms with Gasteiger partial charge in [0.1, 0.15) is 18.1 Å². The Hall–Kier alpha value is -3.79. The lowest BCUT2D eigenvalue weighted by molar-refractivity contribution is -0.137. The van der Waals surface area contributed by atoms with Gasteiger partial charge in [-0.05, 0) is 36.4 Å². The van der Waals surface area contributed by atoms with E-state index in [1.807, 2.05) is 30.3 Å². The second-order valence-electron chi connectivity index (χ2n) is 8.03. The summed E-state index contributed by atoms with van der Waals surface area (Å²) in [6.07, 6.45) is -4.56. The van der Waals surface area contributed by atoms with E-state index in [0.717, 1.165) is 6.07 Å². The van der Waals surface area contributed by atoms with Gasteiger partial charge < -0.3 is 19.4 Å². The molecule has 1 N–H and O–H groups in total. The van der Waals surface area contributed by atoms with Crippen LogP contribution in [0.15, 0.2) is 71.1 Å². The van der Waals surface area contributed by atoms with Crippen LogP contribution < -0.4 is 10.1 Å². The molecule has 7 nitrogen and oxygen atoms in total. The van der Waals surface area contributed by atoms with Gasteiger partial charge in [-0.2, -0.15) is 13.2 Å². The number of alkyl halides is 3. The fourth-order valence-electron chi connectivity index (χ4n) is 3.74. The van der Waals surface area contributed by atoms with E-state index in [4.69, 9.17) is 9.15 Å². The number of carbonyl (C=O) groups excluding carboxylic acids is 2. The van der Waals surface area contributed by atoms with Crippen molar-refractivity contribution >= 4 is 17.5 Å². The Morgan fingerprint density at radius 1 is 0.914 bits per heavy atom. The summed E-state index contributed by atoms with van der Waals surface area (Å²) in [4.78, 5) is 28.5. The molecule has 0 unspecified atom stereocenters. The van der Waals surface area contributed by atoms with Crippen molar-refractivity contribution < 1.29 is 31.9 Å². The molecule has 0 atom stereocenters. The van der Waals surface area contributed by atoms with Crippen LogP contribution in [0.2, 0.25) is 0 Å². The summed E-state index contributed by atoms with van der Waals surface area (Å²) in [5, 5.41) is 2.34. The Bertz CT molecular complexity index is 1160. The summed E-state index contributed by atoms with van der Waals surface area (Å²) < 4.78 is 50.6. The van der Waals surface area contributed by atoms with E-state index in [2.05, 4.69) is 5.32 Å². The highest BCUT2D eigenvalue weighted by atomic mass is 19.4. The molecular weight excluding hydrogens is 463 g/mol. The lowest BCUT2D eigenvalue weighted by Crippen LogP contribution is -2.50. The van der Waals surface area contributed by atoms with Crippen molar-refractivity contribution in [3.63, 3.8) is 0 Å². The van der Waals surface area contributed by atoms with E-state index < -0.39 is 17.6 Å². The van der Waals surface area contributed by atoms with E-state index in [1.54, 1.807) is 21.9 Å². The van der Waals surface area contributed by atoms with Crippen LogP contribution in [0.5, 0.6) is 5.75 Å². The number of hydrogen-bond acceptors (Lipinski definition) is 5. The smallest absolute Gasteiger partial charge is 0.418 e. The van der Waals surface area contributed by atoms with Gasteiger partial charge in [0.25, 0.3) is 5.91 Å². The first-order valence-electron chi connectivity index (χ1n) is 11.0. The molecule has 1 fully saturated rings. The normalized spacial score (nSPS) is 14.5. The van der Waals surface area contributed by atoms with Crippen molar-refractivity contribution in [3.05, 3.63) is 83.8 Å². The zero-order valence-electron chi connectivity index (χ0n) is 18.8. The summed E-state index contributed by atoms with van der Waals surface area (Å²) in [7, 11) is 0. The molecule has 184 valence electrons. The number of carbonyl (C=O) groups is 2. The minimum atomic E-state index is -4.56. The number of benzene rings is 2. The molecule has 35 heavy (non-hydrogen) atoms. The first-order valence-corrected chi connectivity index (χ1v) is 11.0. The van der Waals surface area contributed by atoms with Crippen LogP contribution in [-0.2, 0) is 17.6 Å². The fourth-order valence-corrected chi connectivity index (χ4v) is 3.74. The number of para-hydroxylation sites is 2. The minimum absolute atomic E-state index is 0.0735. The zero-order valence-corrected chi connectivity index (χ0v) is 18.8. The number of anilines is 1. The van der Waals surface area contributed by atoms with E-state index in [9.17, 15) is 22.8 Å². The predicted octanol–water partition coefficient (Wildman–Crippen LogP) is 4.27. The third-order valence-corrected chi connectivity index (χ3v) is 5.53. The van der Waals surface area contributed by atoms with Gasteiger partial charge in [-0.1, -0.05) is 30.3 Å². The van der Waals surface area contributed by atoms with Crippen LogP contribution in [-0.4, -0.2) is 54.3 Å². The average Bonchev–Trinajstić information content (AvgIpc) is 3.32. The van der Waals surface area contributed by atoms with Crippen molar-refractivity contribution in [2.75, 3.05) is 38.0 Å². The minimum Gasteiger partial charge on any atom is -0.486 e. The van der Waals surface area contributed by atoms with Gasteiger partial charge in [0.2, 0.25) is 5.91 Å². The molecule has 1 aliphatic rings. The summed E-state index contributed by atoms with van der Waals surface area (Å²) in [6.45, 7) is 1.66. The number of rotatable bonds is 7. The second-order valence-corrected chi connectivity index (χ2v) is 8.03. The first kappa shape index (κ1) is 24.3. The lowest BCUT2D eigenvalue weighted by Gasteiger charge is -2.33. The summed E-state index contributed by atoms with van der Waals surface area (Å²) in [6, 6.07) is 17.4. The first-order chi connectivity index (χ1) is 16.8. The molecule has 1 aliphatic heterocycles. The Morgan fingerprint density at radius 3 is 2.31 bits per heavy atom. The molecule has 0 bridgehead atoms. The standard InChI is InChI=1S/C25H24F3N3O4/c26-25(27,28)20-8-4-5-9-21(20)29-23(32)16-30-12-14-31(15-13-30)24(33)22-11-10-19(35-22)17-34-18-6-2-1-3-7-18/h1-11H,12-17H2,(H,29,32). The van der Waals surface area contributed by atoms with Gasteiger partial charge >= 0.3 is 6.18 Å². The van der Waals surface area contributed by atoms with Crippen LogP contribution in [0.1, 0.15) is 21.9 Å². The molecule has 0 radical (unpaired) electrons. The quantitative estimate of drug-likeness (QED) is 0.539. The maximum Gasteiger partial charge on any atom is 0.418 e. The summed E-state index contributed by atoms with van der Waals surface area (Å²) in [5.41, 5.74) is -1.17. The van der Waals surface area contributed by atoms with Gasteiger partial charge in [0.05, 0.1) is 17.8 Å². The highest BCUT2D eigenvalue weighted by Gasteiger charge is 2.33. The van der Waals surface area contributed by atoms with Gasteiger partial charge in [-0.15, -0.1) is 0 Å². The predicted molar refractivity (Wildman–Crippen MR) is 122 cm³/mol. The van der Waals surface area contributed by atoms with Gasteiger partial charge in [0.15, 0.2) is 5.76 Å². The number of nitrogens with one attached hydrogen (secondary N) is 1. The number of halogens is 3. The van der Waals surface area contributed by atoms with Crippen molar-refractivity contribution in [2.24, 2.45) is 0 Å². The maximum atomic E-state index is 13.1. The number of ether oxygens (including phenoxy) is 1. The average molecular weight is 487 g/mol. The van der Waals surface area contributed by atoms with Crippen molar-refractivity contribution in [1.29, 1.82) is 0 Å².